The van der Waals surface area contributed by atoms with Crippen LogP contribution in [0.3, 0.4) is 0 Å². The molecule has 0 spiro atoms. The minimum Gasteiger partial charge on any atom is -0.467 e. The van der Waals surface area contributed by atoms with Gasteiger partial charge in [0.15, 0.2) is 0 Å². The molecule has 2 aromatic carbocycles. The Hall–Kier alpha value is -3.41. The molecule has 1 unspecified atom stereocenters. The number of carbonyl (C=O) groups is 3. The maximum atomic E-state index is 13.4. The van der Waals surface area contributed by atoms with Gasteiger partial charge in [0, 0.05) is 38.3 Å². The summed E-state index contributed by atoms with van der Waals surface area (Å²) in [5.41, 5.74) is 8.15. The van der Waals surface area contributed by atoms with E-state index in [2.05, 4.69) is 44.5 Å². The quantitative estimate of drug-likeness (QED) is 0.248. The van der Waals surface area contributed by atoms with Gasteiger partial charge in [-0.05, 0) is 47.6 Å². The molecule has 0 saturated carbocycles. The zero-order chi connectivity index (χ0) is 29.2. The number of rotatable bonds is 14. The van der Waals surface area contributed by atoms with Crippen molar-refractivity contribution < 1.29 is 19.1 Å². The summed E-state index contributed by atoms with van der Waals surface area (Å²) in [6, 6.07) is 12.9. The Bertz CT molecular complexity index is 1300. The molecule has 11 heteroatoms. The standard InChI is InChI=1S/C30H40N6O4S/c1-40-30(39)27(12-14-41-2)34-28(37)19-35(17-22-9-5-8-21-7-3-4-11-25(21)22)18-24-10-6-13-36(24)29(38)26(31)15-23-16-32-20-33-23/h3-5,7-9,11,16,20,24,26-27H,6,10,12-15,17-19,31H2,1-2H3,(H,32,33)(H,34,37)/t24-,26+,27?/m0/s1. The number of nitrogens with two attached hydrogens (primary N) is 1. The molecule has 220 valence electrons. The number of aromatic nitrogens is 2. The van der Waals surface area contributed by atoms with Crippen molar-refractivity contribution in [3.63, 3.8) is 0 Å². The van der Waals surface area contributed by atoms with Crippen molar-refractivity contribution in [2.24, 2.45) is 5.73 Å². The molecule has 1 aromatic heterocycles. The number of likely N-dealkylation sites (tertiary alicyclic amines) is 1. The number of nitrogens with one attached hydrogen (secondary N) is 2. The molecule has 0 bridgehead atoms. The molecule has 3 atom stereocenters. The molecule has 1 aliphatic heterocycles. The van der Waals surface area contributed by atoms with Crippen LogP contribution in [0.25, 0.3) is 10.8 Å². The van der Waals surface area contributed by atoms with E-state index in [0.717, 1.165) is 40.6 Å². The number of amides is 2. The number of imidazole rings is 1. The molecule has 2 heterocycles. The number of benzene rings is 2. The molecule has 0 radical (unpaired) electrons. The minimum atomic E-state index is -0.705. The highest BCUT2D eigenvalue weighted by Gasteiger charge is 2.34. The van der Waals surface area contributed by atoms with Gasteiger partial charge in [0.05, 0.1) is 31.7 Å². The second-order valence-corrected chi connectivity index (χ2v) is 11.4. The van der Waals surface area contributed by atoms with Gasteiger partial charge >= 0.3 is 5.97 Å². The van der Waals surface area contributed by atoms with Gasteiger partial charge in [0.2, 0.25) is 11.8 Å². The number of carbonyl (C=O) groups excluding carboxylic acids is 3. The molecule has 1 saturated heterocycles. The van der Waals surface area contributed by atoms with Crippen LogP contribution in [0.2, 0.25) is 0 Å². The van der Waals surface area contributed by atoms with Crippen LogP contribution in [-0.2, 0) is 32.1 Å². The number of hydrogen-bond acceptors (Lipinski definition) is 8. The lowest BCUT2D eigenvalue weighted by atomic mass is 10.0. The molecule has 4 rings (SSSR count). The summed E-state index contributed by atoms with van der Waals surface area (Å²) in [6.45, 7) is 1.73. The average molecular weight is 581 g/mol. The number of H-pyrrole nitrogens is 1. The number of esters is 1. The summed E-state index contributed by atoms with van der Waals surface area (Å²) in [5.74, 6) is -0.0931. The number of fused-ring (bicyclic) bond motifs is 1. The van der Waals surface area contributed by atoms with Crippen LogP contribution >= 0.6 is 11.8 Å². The second kappa shape index (κ2) is 15.0. The van der Waals surface area contributed by atoms with Crippen LogP contribution in [0.5, 0.6) is 0 Å². The third kappa shape index (κ3) is 8.31. The second-order valence-electron chi connectivity index (χ2n) is 10.4. The average Bonchev–Trinajstić information content (AvgIpc) is 3.67. The summed E-state index contributed by atoms with van der Waals surface area (Å²) >= 11 is 1.61. The Labute approximate surface area is 245 Å². The van der Waals surface area contributed by atoms with Crippen molar-refractivity contribution in [3.8, 4) is 0 Å². The van der Waals surface area contributed by atoms with Gasteiger partial charge in [-0.25, -0.2) is 9.78 Å². The van der Waals surface area contributed by atoms with Gasteiger partial charge in [-0.15, -0.1) is 0 Å². The van der Waals surface area contributed by atoms with E-state index < -0.39 is 18.1 Å². The van der Waals surface area contributed by atoms with Gasteiger partial charge in [-0.1, -0.05) is 42.5 Å². The van der Waals surface area contributed by atoms with E-state index in [1.807, 2.05) is 29.4 Å². The lowest BCUT2D eigenvalue weighted by Gasteiger charge is -2.32. The monoisotopic (exact) mass is 580 g/mol. The predicted octanol–water partition coefficient (Wildman–Crippen LogP) is 2.34. The first-order valence-electron chi connectivity index (χ1n) is 14.0. The van der Waals surface area contributed by atoms with Crippen LogP contribution in [0.1, 0.15) is 30.5 Å². The van der Waals surface area contributed by atoms with E-state index in [1.165, 1.54) is 7.11 Å². The molecule has 4 N–H and O–H groups in total. The van der Waals surface area contributed by atoms with E-state index in [4.69, 9.17) is 10.5 Å². The zero-order valence-corrected chi connectivity index (χ0v) is 24.6. The Morgan fingerprint density at radius 2 is 2.05 bits per heavy atom. The number of hydrogen-bond donors (Lipinski definition) is 3. The SMILES string of the molecule is COC(=O)C(CCSC)NC(=O)CN(Cc1cccc2ccccc12)C[C@@H]1CCCN1C(=O)[C@H](N)Cc1c[nH]cn1. The molecule has 0 aliphatic carbocycles. The van der Waals surface area contributed by atoms with Gasteiger partial charge in [0.1, 0.15) is 6.04 Å². The molecular formula is C30H40N6O4S. The van der Waals surface area contributed by atoms with Crippen LogP contribution in [0.4, 0.5) is 0 Å². The third-order valence-electron chi connectivity index (χ3n) is 7.50. The summed E-state index contributed by atoms with van der Waals surface area (Å²) in [6.07, 6.45) is 7.83. The number of nitrogens with zero attached hydrogens (tertiary/aromatic N) is 3. The molecule has 3 aromatic rings. The van der Waals surface area contributed by atoms with E-state index in [-0.39, 0.29) is 24.4 Å². The Morgan fingerprint density at radius 1 is 1.24 bits per heavy atom. The van der Waals surface area contributed by atoms with Crippen LogP contribution in [0, 0.1) is 0 Å². The van der Waals surface area contributed by atoms with Crippen LogP contribution in [-0.4, -0.2) is 94.4 Å². The zero-order valence-electron chi connectivity index (χ0n) is 23.8. The van der Waals surface area contributed by atoms with Crippen LogP contribution < -0.4 is 11.1 Å². The maximum absolute atomic E-state index is 13.4. The molecule has 1 aliphatic rings. The van der Waals surface area contributed by atoms with Gasteiger partial charge < -0.3 is 25.7 Å². The lowest BCUT2D eigenvalue weighted by Crippen LogP contribution is -2.52. The van der Waals surface area contributed by atoms with Crippen molar-refractivity contribution >= 4 is 40.3 Å². The fourth-order valence-electron chi connectivity index (χ4n) is 5.47. The lowest BCUT2D eigenvalue weighted by molar-refractivity contribution is -0.145. The van der Waals surface area contributed by atoms with Crippen molar-refractivity contribution in [1.29, 1.82) is 0 Å². The van der Waals surface area contributed by atoms with Crippen molar-refractivity contribution in [2.45, 2.75) is 50.4 Å². The van der Waals surface area contributed by atoms with Gasteiger partial charge in [0.25, 0.3) is 0 Å². The van der Waals surface area contributed by atoms with E-state index in [1.54, 1.807) is 24.3 Å². The molecule has 41 heavy (non-hydrogen) atoms. The smallest absolute Gasteiger partial charge is 0.328 e. The topological polar surface area (TPSA) is 134 Å². The molecule has 2 amide bonds. The van der Waals surface area contributed by atoms with E-state index in [0.29, 0.717) is 32.5 Å². The molecule has 1 fully saturated rings. The Morgan fingerprint density at radius 3 is 2.80 bits per heavy atom. The highest BCUT2D eigenvalue weighted by atomic mass is 32.2. The van der Waals surface area contributed by atoms with Crippen molar-refractivity contribution in [3.05, 3.63) is 66.2 Å². The highest BCUT2D eigenvalue weighted by molar-refractivity contribution is 7.98. The first kappa shape index (κ1) is 30.5. The largest absolute Gasteiger partial charge is 0.467 e. The predicted molar refractivity (Wildman–Crippen MR) is 161 cm³/mol. The number of thioether (sulfide) groups is 1. The fourth-order valence-corrected chi connectivity index (χ4v) is 5.94. The van der Waals surface area contributed by atoms with Crippen molar-refractivity contribution in [2.75, 3.05) is 38.8 Å². The normalized spacial score (nSPS) is 16.6. The summed E-state index contributed by atoms with van der Waals surface area (Å²) in [4.78, 5) is 50.0. The number of methoxy groups -OCH3 is 1. The summed E-state index contributed by atoms with van der Waals surface area (Å²) in [7, 11) is 1.33. The fraction of sp³-hybridized carbons (Fsp3) is 0.467. The van der Waals surface area contributed by atoms with Gasteiger partial charge in [-0.3, -0.25) is 14.5 Å². The molecule has 10 nitrogen and oxygen atoms in total. The summed E-state index contributed by atoms with van der Waals surface area (Å²) < 4.78 is 4.93. The third-order valence-corrected chi connectivity index (χ3v) is 8.15. The number of ether oxygens (including phenoxy) is 1. The summed E-state index contributed by atoms with van der Waals surface area (Å²) in [5, 5.41) is 5.12. The van der Waals surface area contributed by atoms with E-state index in [9.17, 15) is 14.4 Å². The molecular weight excluding hydrogens is 540 g/mol. The van der Waals surface area contributed by atoms with Crippen molar-refractivity contribution in [1.82, 2.24) is 25.1 Å². The van der Waals surface area contributed by atoms with Gasteiger partial charge in [-0.2, -0.15) is 11.8 Å². The Balaban J connectivity index is 1.51. The maximum Gasteiger partial charge on any atom is 0.328 e. The highest BCUT2D eigenvalue weighted by Crippen LogP contribution is 2.23. The Kier molecular flexibility index (Phi) is 11.2. The first-order valence-corrected chi connectivity index (χ1v) is 15.4. The number of aromatic amines is 1. The first-order chi connectivity index (χ1) is 19.9. The van der Waals surface area contributed by atoms with E-state index >= 15 is 0 Å². The minimum absolute atomic E-state index is 0.0772. The van der Waals surface area contributed by atoms with Crippen LogP contribution in [0.15, 0.2) is 55.0 Å².